The van der Waals surface area contributed by atoms with Gasteiger partial charge in [0.2, 0.25) is 0 Å². The summed E-state index contributed by atoms with van der Waals surface area (Å²) in [6.45, 7) is 0.605. The molecule has 4 heteroatoms. The maximum atomic E-state index is 12.7. The Morgan fingerprint density at radius 3 is 2.85 bits per heavy atom. The summed E-state index contributed by atoms with van der Waals surface area (Å²) in [4.78, 5) is 0. The fourth-order valence-electron chi connectivity index (χ4n) is 1.01. The Balaban J connectivity index is 2.53. The third kappa shape index (κ3) is 3.30. The largest absolute Gasteiger partial charge is 0.381 e. The fraction of sp³-hybridized carbons (Fsp3) is 0.333. The highest BCUT2D eigenvalue weighted by molar-refractivity contribution is 6.30. The third-order valence-electron chi connectivity index (χ3n) is 1.69. The van der Waals surface area contributed by atoms with Crippen LogP contribution in [0.1, 0.15) is 5.56 Å². The summed E-state index contributed by atoms with van der Waals surface area (Å²) in [7, 11) is 0. The van der Waals surface area contributed by atoms with Crippen molar-refractivity contribution in [2.24, 2.45) is 0 Å². The van der Waals surface area contributed by atoms with Gasteiger partial charge >= 0.3 is 0 Å². The average molecular weight is 204 g/mol. The molecule has 2 nitrogen and oxygen atoms in total. The molecule has 0 aliphatic heterocycles. The van der Waals surface area contributed by atoms with Crippen molar-refractivity contribution in [1.82, 2.24) is 5.32 Å². The zero-order chi connectivity index (χ0) is 9.68. The number of hydrogen-bond donors (Lipinski definition) is 2. The van der Waals surface area contributed by atoms with Crippen molar-refractivity contribution < 1.29 is 9.50 Å². The summed E-state index contributed by atoms with van der Waals surface area (Å²) >= 11 is 5.58. The zero-order valence-corrected chi connectivity index (χ0v) is 7.81. The molecule has 0 amide bonds. The van der Waals surface area contributed by atoms with Gasteiger partial charge in [-0.1, -0.05) is 17.7 Å². The SMILES string of the molecule is OCNCCc1ccc(F)c(Cl)c1. The molecule has 0 radical (unpaired) electrons. The van der Waals surface area contributed by atoms with E-state index in [1.165, 1.54) is 6.07 Å². The number of rotatable bonds is 4. The van der Waals surface area contributed by atoms with Gasteiger partial charge in [-0.25, -0.2) is 4.39 Å². The Kier molecular flexibility index (Phi) is 4.15. The molecule has 0 fully saturated rings. The van der Waals surface area contributed by atoms with E-state index in [-0.39, 0.29) is 11.8 Å². The predicted octanol–water partition coefficient (Wildman–Crippen LogP) is 1.56. The van der Waals surface area contributed by atoms with Crippen LogP contribution in [-0.2, 0) is 6.42 Å². The summed E-state index contributed by atoms with van der Waals surface area (Å²) < 4.78 is 12.7. The first-order valence-corrected chi connectivity index (χ1v) is 4.37. The van der Waals surface area contributed by atoms with Gasteiger partial charge in [-0.05, 0) is 24.1 Å². The monoisotopic (exact) mass is 203 g/mol. The Labute approximate surface area is 81.3 Å². The molecule has 0 aromatic heterocycles. The van der Waals surface area contributed by atoms with Crippen molar-refractivity contribution in [1.29, 1.82) is 0 Å². The molecule has 0 aliphatic carbocycles. The van der Waals surface area contributed by atoms with E-state index in [1.807, 2.05) is 0 Å². The quantitative estimate of drug-likeness (QED) is 0.575. The molecular formula is C9H11ClFNO. The van der Waals surface area contributed by atoms with Gasteiger partial charge in [-0.15, -0.1) is 0 Å². The maximum Gasteiger partial charge on any atom is 0.141 e. The molecule has 1 rings (SSSR count). The lowest BCUT2D eigenvalue weighted by Crippen LogP contribution is -2.17. The molecule has 0 atom stereocenters. The van der Waals surface area contributed by atoms with E-state index < -0.39 is 5.82 Å². The van der Waals surface area contributed by atoms with E-state index in [0.717, 1.165) is 12.0 Å². The minimum absolute atomic E-state index is 0.0467. The predicted molar refractivity (Wildman–Crippen MR) is 50.2 cm³/mol. The van der Waals surface area contributed by atoms with Gasteiger partial charge in [-0.2, -0.15) is 0 Å². The van der Waals surface area contributed by atoms with E-state index in [9.17, 15) is 4.39 Å². The van der Waals surface area contributed by atoms with Crippen LogP contribution in [0.3, 0.4) is 0 Å². The van der Waals surface area contributed by atoms with Crippen LogP contribution in [0.4, 0.5) is 4.39 Å². The molecule has 2 N–H and O–H groups in total. The first-order chi connectivity index (χ1) is 6.24. The van der Waals surface area contributed by atoms with Crippen LogP contribution in [0.2, 0.25) is 5.02 Å². The lowest BCUT2D eigenvalue weighted by molar-refractivity contribution is 0.262. The number of aliphatic hydroxyl groups excluding tert-OH is 1. The number of benzene rings is 1. The Bertz CT molecular complexity index is 280. The molecule has 1 aromatic carbocycles. The van der Waals surface area contributed by atoms with Gasteiger partial charge in [0.05, 0.1) is 11.8 Å². The van der Waals surface area contributed by atoms with Gasteiger partial charge in [0.25, 0.3) is 0 Å². The van der Waals surface area contributed by atoms with Crippen molar-refractivity contribution >= 4 is 11.6 Å². The van der Waals surface area contributed by atoms with Crippen molar-refractivity contribution in [2.45, 2.75) is 6.42 Å². The molecule has 0 heterocycles. The van der Waals surface area contributed by atoms with Gasteiger partial charge in [0.15, 0.2) is 0 Å². The average Bonchev–Trinajstić information content (AvgIpc) is 2.12. The number of halogens is 2. The standard InChI is InChI=1S/C9H11ClFNO/c10-8-5-7(1-2-9(8)11)3-4-12-6-13/h1-2,5,12-13H,3-4,6H2. The van der Waals surface area contributed by atoms with Crippen LogP contribution >= 0.6 is 11.6 Å². The number of aliphatic hydroxyl groups is 1. The first kappa shape index (κ1) is 10.4. The van der Waals surface area contributed by atoms with Crippen LogP contribution < -0.4 is 5.32 Å². The van der Waals surface area contributed by atoms with Crippen LogP contribution in [0.5, 0.6) is 0 Å². The molecule has 0 bridgehead atoms. The summed E-state index contributed by atoms with van der Waals surface area (Å²) in [6.07, 6.45) is 0.723. The van der Waals surface area contributed by atoms with E-state index in [0.29, 0.717) is 6.54 Å². The molecule has 0 aliphatic rings. The normalized spacial score (nSPS) is 10.4. The van der Waals surface area contributed by atoms with Gasteiger partial charge < -0.3 is 5.11 Å². The van der Waals surface area contributed by atoms with Crippen molar-refractivity contribution in [3.63, 3.8) is 0 Å². The molecule has 1 aromatic rings. The lowest BCUT2D eigenvalue weighted by Gasteiger charge is -2.02. The summed E-state index contributed by atoms with van der Waals surface area (Å²) in [5, 5.41) is 11.3. The minimum Gasteiger partial charge on any atom is -0.381 e. The highest BCUT2D eigenvalue weighted by Gasteiger charge is 1.99. The second kappa shape index (κ2) is 5.17. The summed E-state index contributed by atoms with van der Waals surface area (Å²) in [6, 6.07) is 4.62. The second-order valence-corrected chi connectivity index (χ2v) is 3.06. The summed E-state index contributed by atoms with van der Waals surface area (Å²) in [5.74, 6) is -0.402. The van der Waals surface area contributed by atoms with Crippen LogP contribution in [0.15, 0.2) is 18.2 Å². The zero-order valence-electron chi connectivity index (χ0n) is 7.06. The number of nitrogens with one attached hydrogen (secondary N) is 1. The van der Waals surface area contributed by atoms with E-state index in [1.54, 1.807) is 12.1 Å². The Hall–Kier alpha value is -0.640. The van der Waals surface area contributed by atoms with E-state index in [4.69, 9.17) is 16.7 Å². The minimum atomic E-state index is -0.402. The van der Waals surface area contributed by atoms with E-state index >= 15 is 0 Å². The molecule has 0 unspecified atom stereocenters. The molecule has 0 saturated carbocycles. The maximum absolute atomic E-state index is 12.7. The topological polar surface area (TPSA) is 32.3 Å². The highest BCUT2D eigenvalue weighted by atomic mass is 35.5. The fourth-order valence-corrected chi connectivity index (χ4v) is 1.21. The highest BCUT2D eigenvalue weighted by Crippen LogP contribution is 2.15. The molecule has 0 spiro atoms. The molecule has 13 heavy (non-hydrogen) atoms. The van der Waals surface area contributed by atoms with Crippen molar-refractivity contribution in [3.8, 4) is 0 Å². The summed E-state index contributed by atoms with van der Waals surface area (Å²) in [5.41, 5.74) is 0.951. The van der Waals surface area contributed by atoms with Crippen LogP contribution in [0.25, 0.3) is 0 Å². The second-order valence-electron chi connectivity index (χ2n) is 2.66. The first-order valence-electron chi connectivity index (χ1n) is 3.99. The van der Waals surface area contributed by atoms with Gasteiger partial charge in [0, 0.05) is 6.54 Å². The van der Waals surface area contributed by atoms with Gasteiger partial charge in [-0.3, -0.25) is 5.32 Å². The molecule has 72 valence electrons. The smallest absolute Gasteiger partial charge is 0.141 e. The van der Waals surface area contributed by atoms with Crippen molar-refractivity contribution in [3.05, 3.63) is 34.6 Å². The number of hydrogen-bond acceptors (Lipinski definition) is 2. The van der Waals surface area contributed by atoms with Crippen LogP contribution in [-0.4, -0.2) is 18.4 Å². The molecule has 0 saturated heterocycles. The van der Waals surface area contributed by atoms with Crippen molar-refractivity contribution in [2.75, 3.05) is 13.3 Å². The lowest BCUT2D eigenvalue weighted by atomic mass is 10.1. The molecular weight excluding hydrogens is 193 g/mol. The third-order valence-corrected chi connectivity index (χ3v) is 1.98. The Morgan fingerprint density at radius 2 is 2.23 bits per heavy atom. The van der Waals surface area contributed by atoms with Crippen LogP contribution in [0, 0.1) is 5.82 Å². The van der Waals surface area contributed by atoms with E-state index in [2.05, 4.69) is 5.32 Å². The Morgan fingerprint density at radius 1 is 1.46 bits per heavy atom. The van der Waals surface area contributed by atoms with Gasteiger partial charge in [0.1, 0.15) is 5.82 Å².